The monoisotopic (exact) mass is 422 g/mol. The van der Waals surface area contributed by atoms with Gasteiger partial charge in [-0.15, -0.1) is 0 Å². The Morgan fingerprint density at radius 1 is 0.968 bits per heavy atom. The van der Waals surface area contributed by atoms with Crippen LogP contribution in [-0.4, -0.2) is 50.1 Å². The van der Waals surface area contributed by atoms with E-state index in [0.29, 0.717) is 28.7 Å². The lowest BCUT2D eigenvalue weighted by molar-refractivity contribution is -0.122. The van der Waals surface area contributed by atoms with Gasteiger partial charge in [-0.3, -0.25) is 9.59 Å². The molecule has 0 aromatic heterocycles. The number of methoxy groups -OCH3 is 2. The average molecular weight is 423 g/mol. The van der Waals surface area contributed by atoms with Gasteiger partial charge in [0.1, 0.15) is 6.04 Å². The maximum absolute atomic E-state index is 13.6. The predicted octanol–water partition coefficient (Wildman–Crippen LogP) is 4.14. The van der Waals surface area contributed by atoms with Crippen molar-refractivity contribution in [1.29, 1.82) is 0 Å². The van der Waals surface area contributed by atoms with Crippen molar-refractivity contribution in [3.8, 4) is 11.5 Å². The summed E-state index contributed by atoms with van der Waals surface area (Å²) < 4.78 is 10.7. The van der Waals surface area contributed by atoms with Gasteiger partial charge >= 0.3 is 0 Å². The summed E-state index contributed by atoms with van der Waals surface area (Å²) in [6.07, 6.45) is 5.03. The third-order valence-corrected chi connectivity index (χ3v) is 6.71. The zero-order valence-corrected chi connectivity index (χ0v) is 18.4. The number of carbonyl (C=O) groups is 2. The van der Waals surface area contributed by atoms with Crippen LogP contribution in [0, 0.1) is 5.92 Å². The molecule has 2 aliphatic rings. The molecular formula is C25H30N2O4. The molecule has 1 aliphatic carbocycles. The Kier molecular flexibility index (Phi) is 6.16. The number of likely N-dealkylation sites (tertiary alicyclic amines) is 1. The second kappa shape index (κ2) is 9.00. The lowest BCUT2D eigenvalue weighted by Crippen LogP contribution is -2.50. The van der Waals surface area contributed by atoms with Crippen LogP contribution < -0.4 is 14.4 Å². The first kappa shape index (κ1) is 21.2. The lowest BCUT2D eigenvalue weighted by atomic mass is 9.84. The van der Waals surface area contributed by atoms with Crippen molar-refractivity contribution >= 4 is 17.5 Å². The van der Waals surface area contributed by atoms with E-state index in [1.807, 2.05) is 41.3 Å². The van der Waals surface area contributed by atoms with Gasteiger partial charge in [0.15, 0.2) is 11.5 Å². The van der Waals surface area contributed by atoms with Gasteiger partial charge < -0.3 is 19.3 Å². The molecule has 6 heteroatoms. The maximum Gasteiger partial charge on any atom is 0.254 e. The number of rotatable bonds is 5. The second-order valence-corrected chi connectivity index (χ2v) is 8.38. The van der Waals surface area contributed by atoms with Gasteiger partial charge in [0.2, 0.25) is 5.91 Å². The standard InChI is InChI=1S/C25H30N2O4/c1-26(19-13-14-22(30-2)23(16-19)31-3)25(29)21-15-18-11-7-8-12-20(18)27(21)24(28)17-9-5-4-6-10-17/h4-6,9-10,13-14,16,18,20-21H,7-8,11-12,15H2,1-3H3. The minimum atomic E-state index is -0.459. The Balaban J connectivity index is 1.64. The largest absolute Gasteiger partial charge is 0.493 e. The summed E-state index contributed by atoms with van der Waals surface area (Å²) in [6.45, 7) is 0. The van der Waals surface area contributed by atoms with Crippen molar-refractivity contribution in [3.63, 3.8) is 0 Å². The van der Waals surface area contributed by atoms with E-state index in [2.05, 4.69) is 0 Å². The highest BCUT2D eigenvalue weighted by atomic mass is 16.5. The zero-order valence-electron chi connectivity index (χ0n) is 18.4. The molecule has 0 N–H and O–H groups in total. The van der Waals surface area contributed by atoms with Crippen molar-refractivity contribution in [2.24, 2.45) is 5.92 Å². The van der Waals surface area contributed by atoms with Gasteiger partial charge in [0.25, 0.3) is 5.91 Å². The molecule has 0 bridgehead atoms. The molecule has 31 heavy (non-hydrogen) atoms. The minimum Gasteiger partial charge on any atom is -0.493 e. The normalized spacial score (nSPS) is 22.5. The fourth-order valence-electron chi connectivity index (χ4n) is 5.09. The first-order valence-electron chi connectivity index (χ1n) is 10.9. The van der Waals surface area contributed by atoms with Crippen LogP contribution in [-0.2, 0) is 4.79 Å². The van der Waals surface area contributed by atoms with Gasteiger partial charge in [0.05, 0.1) is 14.2 Å². The number of fused-ring (bicyclic) bond motifs is 1. The molecule has 4 rings (SSSR count). The van der Waals surface area contributed by atoms with E-state index in [9.17, 15) is 9.59 Å². The van der Waals surface area contributed by atoms with E-state index in [-0.39, 0.29) is 17.9 Å². The van der Waals surface area contributed by atoms with Crippen molar-refractivity contribution < 1.29 is 19.1 Å². The van der Waals surface area contributed by atoms with Crippen LogP contribution in [0.2, 0.25) is 0 Å². The Bertz CT molecular complexity index is 946. The number of ether oxygens (including phenoxy) is 2. The van der Waals surface area contributed by atoms with Crippen LogP contribution in [0.4, 0.5) is 5.69 Å². The van der Waals surface area contributed by atoms with Gasteiger partial charge in [-0.25, -0.2) is 0 Å². The van der Waals surface area contributed by atoms with Crippen molar-refractivity contribution in [1.82, 2.24) is 4.90 Å². The van der Waals surface area contributed by atoms with Crippen LogP contribution in [0.25, 0.3) is 0 Å². The van der Waals surface area contributed by atoms with E-state index >= 15 is 0 Å². The van der Waals surface area contributed by atoms with E-state index in [0.717, 1.165) is 25.7 Å². The fraction of sp³-hybridized carbons (Fsp3) is 0.440. The fourth-order valence-corrected chi connectivity index (χ4v) is 5.09. The van der Waals surface area contributed by atoms with Crippen LogP contribution in [0.3, 0.4) is 0 Å². The van der Waals surface area contributed by atoms with Crippen molar-refractivity contribution in [2.75, 3.05) is 26.2 Å². The zero-order chi connectivity index (χ0) is 22.0. The molecule has 0 spiro atoms. The highest BCUT2D eigenvalue weighted by molar-refractivity contribution is 6.02. The average Bonchev–Trinajstić information content (AvgIpc) is 3.22. The van der Waals surface area contributed by atoms with Gasteiger partial charge in [0, 0.05) is 30.4 Å². The quantitative estimate of drug-likeness (QED) is 0.727. The van der Waals surface area contributed by atoms with Crippen LogP contribution in [0.15, 0.2) is 48.5 Å². The molecule has 1 aliphatic heterocycles. The summed E-state index contributed by atoms with van der Waals surface area (Å²) in [7, 11) is 4.92. The second-order valence-electron chi connectivity index (χ2n) is 8.38. The number of benzene rings is 2. The number of hydrogen-bond acceptors (Lipinski definition) is 4. The third kappa shape index (κ3) is 3.99. The molecule has 2 fully saturated rings. The lowest BCUT2D eigenvalue weighted by Gasteiger charge is -2.34. The van der Waals surface area contributed by atoms with Crippen LogP contribution >= 0.6 is 0 Å². The first-order valence-corrected chi connectivity index (χ1v) is 10.9. The Morgan fingerprint density at radius 3 is 2.39 bits per heavy atom. The molecule has 1 saturated heterocycles. The highest BCUT2D eigenvalue weighted by Crippen LogP contribution is 2.41. The topological polar surface area (TPSA) is 59.1 Å². The number of anilines is 1. The number of nitrogens with zero attached hydrogens (tertiary/aromatic N) is 2. The summed E-state index contributed by atoms with van der Waals surface area (Å²) in [5, 5.41) is 0. The highest BCUT2D eigenvalue weighted by Gasteiger charge is 2.48. The van der Waals surface area contributed by atoms with E-state index < -0.39 is 6.04 Å². The molecule has 2 aromatic carbocycles. The summed E-state index contributed by atoms with van der Waals surface area (Å²) in [6, 6.07) is 14.4. The van der Waals surface area contributed by atoms with E-state index in [1.54, 1.807) is 38.3 Å². The molecule has 1 saturated carbocycles. The minimum absolute atomic E-state index is 0.0472. The van der Waals surface area contributed by atoms with E-state index in [1.165, 1.54) is 6.42 Å². The summed E-state index contributed by atoms with van der Waals surface area (Å²) in [5.41, 5.74) is 1.35. The molecule has 0 radical (unpaired) electrons. The SMILES string of the molecule is COc1ccc(N(C)C(=O)C2CC3CCCCC3N2C(=O)c2ccccc2)cc1OC. The molecule has 3 unspecified atom stereocenters. The number of amides is 2. The maximum atomic E-state index is 13.6. The van der Waals surface area contributed by atoms with Gasteiger partial charge in [-0.2, -0.15) is 0 Å². The first-order chi connectivity index (χ1) is 15.0. The third-order valence-electron chi connectivity index (χ3n) is 6.71. The van der Waals surface area contributed by atoms with Crippen molar-refractivity contribution in [2.45, 2.75) is 44.2 Å². The Morgan fingerprint density at radius 2 is 1.68 bits per heavy atom. The summed E-state index contributed by atoms with van der Waals surface area (Å²) in [5.74, 6) is 1.45. The number of hydrogen-bond donors (Lipinski definition) is 0. The molecule has 3 atom stereocenters. The van der Waals surface area contributed by atoms with Crippen LogP contribution in [0.5, 0.6) is 11.5 Å². The number of carbonyl (C=O) groups excluding carboxylic acids is 2. The van der Waals surface area contributed by atoms with Crippen molar-refractivity contribution in [3.05, 3.63) is 54.1 Å². The molecule has 1 heterocycles. The van der Waals surface area contributed by atoms with Gasteiger partial charge in [-0.1, -0.05) is 31.0 Å². The Labute approximate surface area is 183 Å². The molecule has 6 nitrogen and oxygen atoms in total. The summed E-state index contributed by atoms with van der Waals surface area (Å²) in [4.78, 5) is 30.6. The van der Waals surface area contributed by atoms with E-state index in [4.69, 9.17) is 9.47 Å². The smallest absolute Gasteiger partial charge is 0.254 e. The Hall–Kier alpha value is -3.02. The molecule has 2 amide bonds. The molecule has 164 valence electrons. The molecular weight excluding hydrogens is 392 g/mol. The summed E-state index contributed by atoms with van der Waals surface area (Å²) >= 11 is 0. The molecule has 2 aromatic rings. The predicted molar refractivity (Wildman–Crippen MR) is 120 cm³/mol. The van der Waals surface area contributed by atoms with Gasteiger partial charge in [-0.05, 0) is 49.4 Å². The van der Waals surface area contributed by atoms with Crippen LogP contribution in [0.1, 0.15) is 42.5 Å². The number of likely N-dealkylation sites (N-methyl/N-ethyl adjacent to an activating group) is 1.